The molecular weight excluding hydrogens is 337 g/mol. The van der Waals surface area contributed by atoms with Crippen LogP contribution < -0.4 is 5.32 Å². The smallest absolute Gasteiger partial charge is 0.251 e. The van der Waals surface area contributed by atoms with Crippen LogP contribution in [0.5, 0.6) is 0 Å². The van der Waals surface area contributed by atoms with Gasteiger partial charge in [-0.05, 0) is 59.5 Å². The molecule has 1 aliphatic rings. The average Bonchev–Trinajstić information content (AvgIpc) is 2.85. The van der Waals surface area contributed by atoms with E-state index in [1.165, 1.54) is 31.2 Å². The molecule has 0 bridgehead atoms. The van der Waals surface area contributed by atoms with Gasteiger partial charge in [-0.3, -0.25) is 4.79 Å². The molecule has 0 spiro atoms. The standard InChI is InChI=1S/C15H20INO/c1-11-6-7-13(10-14(11)16)15(18)17-9-8-12-4-2-3-5-12/h6-7,10,12H,2-5,8-9H2,1H3,(H,17,18). The molecule has 0 unspecified atom stereocenters. The summed E-state index contributed by atoms with van der Waals surface area (Å²) >= 11 is 2.27. The van der Waals surface area contributed by atoms with Gasteiger partial charge in [-0.15, -0.1) is 0 Å². The normalized spacial score (nSPS) is 15.9. The van der Waals surface area contributed by atoms with Gasteiger partial charge in [-0.2, -0.15) is 0 Å². The van der Waals surface area contributed by atoms with Gasteiger partial charge in [0.1, 0.15) is 0 Å². The fraction of sp³-hybridized carbons (Fsp3) is 0.533. The molecule has 0 aliphatic heterocycles. The number of carbonyl (C=O) groups excluding carboxylic acids is 1. The highest BCUT2D eigenvalue weighted by atomic mass is 127. The molecule has 0 radical (unpaired) electrons. The van der Waals surface area contributed by atoms with Crippen molar-refractivity contribution in [1.82, 2.24) is 5.32 Å². The maximum atomic E-state index is 12.0. The van der Waals surface area contributed by atoms with Crippen LogP contribution in [0.3, 0.4) is 0 Å². The van der Waals surface area contributed by atoms with Crippen LogP contribution in [0.1, 0.15) is 48.0 Å². The molecule has 0 aromatic heterocycles. The van der Waals surface area contributed by atoms with Crippen molar-refractivity contribution in [3.05, 3.63) is 32.9 Å². The number of hydrogen-bond acceptors (Lipinski definition) is 1. The van der Waals surface area contributed by atoms with E-state index in [9.17, 15) is 4.79 Å². The van der Waals surface area contributed by atoms with Crippen LogP contribution in [-0.2, 0) is 0 Å². The Balaban J connectivity index is 1.81. The number of nitrogens with one attached hydrogen (secondary N) is 1. The molecular formula is C15H20INO. The molecule has 3 heteroatoms. The average molecular weight is 357 g/mol. The fourth-order valence-electron chi connectivity index (χ4n) is 2.53. The van der Waals surface area contributed by atoms with Gasteiger partial charge in [0.15, 0.2) is 0 Å². The summed E-state index contributed by atoms with van der Waals surface area (Å²) in [6.07, 6.45) is 6.56. The van der Waals surface area contributed by atoms with Gasteiger partial charge in [0.2, 0.25) is 0 Å². The molecule has 2 nitrogen and oxygen atoms in total. The van der Waals surface area contributed by atoms with Crippen LogP contribution in [-0.4, -0.2) is 12.5 Å². The zero-order valence-electron chi connectivity index (χ0n) is 10.8. The lowest BCUT2D eigenvalue weighted by Gasteiger charge is -2.10. The minimum absolute atomic E-state index is 0.0610. The van der Waals surface area contributed by atoms with Crippen LogP contribution in [0.2, 0.25) is 0 Å². The summed E-state index contributed by atoms with van der Waals surface area (Å²) in [4.78, 5) is 12.0. The first-order valence-electron chi connectivity index (χ1n) is 6.71. The molecule has 1 N–H and O–H groups in total. The van der Waals surface area contributed by atoms with E-state index >= 15 is 0 Å². The molecule has 1 amide bonds. The number of carbonyl (C=O) groups is 1. The number of hydrogen-bond donors (Lipinski definition) is 1. The SMILES string of the molecule is Cc1ccc(C(=O)NCCC2CCCC2)cc1I. The maximum Gasteiger partial charge on any atom is 0.251 e. The largest absolute Gasteiger partial charge is 0.352 e. The highest BCUT2D eigenvalue weighted by Gasteiger charge is 2.15. The first kappa shape index (κ1) is 13.8. The monoisotopic (exact) mass is 357 g/mol. The topological polar surface area (TPSA) is 29.1 Å². The van der Waals surface area contributed by atoms with Crippen molar-refractivity contribution in [3.63, 3.8) is 0 Å². The molecule has 0 saturated heterocycles. The molecule has 98 valence electrons. The Labute approximate surface area is 123 Å². The lowest BCUT2D eigenvalue weighted by atomic mass is 10.0. The Kier molecular flexibility index (Phi) is 5.03. The summed E-state index contributed by atoms with van der Waals surface area (Å²) < 4.78 is 1.15. The Hall–Kier alpha value is -0.580. The maximum absolute atomic E-state index is 12.0. The fourth-order valence-corrected chi connectivity index (χ4v) is 3.04. The molecule has 18 heavy (non-hydrogen) atoms. The predicted octanol–water partition coefficient (Wildman–Crippen LogP) is 3.91. The molecule has 1 aliphatic carbocycles. The summed E-state index contributed by atoms with van der Waals surface area (Å²) in [6, 6.07) is 5.87. The number of halogens is 1. The zero-order valence-corrected chi connectivity index (χ0v) is 13.0. The highest BCUT2D eigenvalue weighted by molar-refractivity contribution is 14.1. The summed E-state index contributed by atoms with van der Waals surface area (Å²) in [7, 11) is 0. The highest BCUT2D eigenvalue weighted by Crippen LogP contribution is 2.26. The number of benzene rings is 1. The van der Waals surface area contributed by atoms with Gasteiger partial charge < -0.3 is 5.32 Å². The van der Waals surface area contributed by atoms with E-state index in [1.807, 2.05) is 18.2 Å². The van der Waals surface area contributed by atoms with E-state index in [4.69, 9.17) is 0 Å². The second-order valence-electron chi connectivity index (χ2n) is 5.16. The van der Waals surface area contributed by atoms with Gasteiger partial charge >= 0.3 is 0 Å². The summed E-state index contributed by atoms with van der Waals surface area (Å²) in [6.45, 7) is 2.87. The van der Waals surface area contributed by atoms with Crippen LogP contribution in [0.4, 0.5) is 0 Å². The molecule has 1 saturated carbocycles. The van der Waals surface area contributed by atoms with Crippen LogP contribution >= 0.6 is 22.6 Å². The van der Waals surface area contributed by atoms with Crippen molar-refractivity contribution in [1.29, 1.82) is 0 Å². The molecule has 1 aromatic carbocycles. The Morgan fingerprint density at radius 2 is 2.11 bits per heavy atom. The predicted molar refractivity (Wildman–Crippen MR) is 82.8 cm³/mol. The van der Waals surface area contributed by atoms with Crippen molar-refractivity contribution in [2.24, 2.45) is 5.92 Å². The van der Waals surface area contributed by atoms with Gasteiger partial charge in [0, 0.05) is 15.7 Å². The van der Waals surface area contributed by atoms with Crippen LogP contribution in [0.25, 0.3) is 0 Å². The summed E-state index contributed by atoms with van der Waals surface area (Å²) in [5.41, 5.74) is 1.99. The van der Waals surface area contributed by atoms with E-state index in [2.05, 4.69) is 34.8 Å². The molecule has 2 rings (SSSR count). The van der Waals surface area contributed by atoms with E-state index in [0.29, 0.717) is 0 Å². The van der Waals surface area contributed by atoms with E-state index in [1.54, 1.807) is 0 Å². The third kappa shape index (κ3) is 3.70. The van der Waals surface area contributed by atoms with Crippen molar-refractivity contribution >= 4 is 28.5 Å². The number of rotatable bonds is 4. The third-order valence-electron chi connectivity index (χ3n) is 3.75. The van der Waals surface area contributed by atoms with Crippen LogP contribution in [0, 0.1) is 16.4 Å². The number of aryl methyl sites for hydroxylation is 1. The Morgan fingerprint density at radius 1 is 1.39 bits per heavy atom. The Bertz CT molecular complexity index is 425. The van der Waals surface area contributed by atoms with Crippen molar-refractivity contribution in [3.8, 4) is 0 Å². The van der Waals surface area contributed by atoms with Crippen LogP contribution in [0.15, 0.2) is 18.2 Å². The Morgan fingerprint density at radius 3 is 2.78 bits per heavy atom. The lowest BCUT2D eigenvalue weighted by molar-refractivity contribution is 0.0951. The van der Waals surface area contributed by atoms with Gasteiger partial charge in [0.05, 0.1) is 0 Å². The summed E-state index contributed by atoms with van der Waals surface area (Å²) in [5.74, 6) is 0.898. The minimum Gasteiger partial charge on any atom is -0.352 e. The first-order valence-corrected chi connectivity index (χ1v) is 7.79. The summed E-state index contributed by atoms with van der Waals surface area (Å²) in [5, 5.41) is 3.03. The molecule has 1 aromatic rings. The van der Waals surface area contributed by atoms with Gasteiger partial charge in [-0.1, -0.05) is 31.7 Å². The zero-order chi connectivity index (χ0) is 13.0. The third-order valence-corrected chi connectivity index (χ3v) is 4.91. The first-order chi connectivity index (χ1) is 8.66. The van der Waals surface area contributed by atoms with E-state index in [-0.39, 0.29) is 5.91 Å². The quantitative estimate of drug-likeness (QED) is 0.814. The van der Waals surface area contributed by atoms with Gasteiger partial charge in [-0.25, -0.2) is 0 Å². The van der Waals surface area contributed by atoms with Crippen molar-refractivity contribution in [2.45, 2.75) is 39.0 Å². The molecule has 0 heterocycles. The van der Waals surface area contributed by atoms with E-state index < -0.39 is 0 Å². The van der Waals surface area contributed by atoms with Crippen molar-refractivity contribution < 1.29 is 4.79 Å². The molecule has 0 atom stereocenters. The number of amides is 1. The van der Waals surface area contributed by atoms with Gasteiger partial charge in [0.25, 0.3) is 5.91 Å². The van der Waals surface area contributed by atoms with E-state index in [0.717, 1.165) is 28.0 Å². The lowest BCUT2D eigenvalue weighted by Crippen LogP contribution is -2.25. The second kappa shape index (κ2) is 6.55. The second-order valence-corrected chi connectivity index (χ2v) is 6.32. The molecule has 1 fully saturated rings. The minimum atomic E-state index is 0.0610. The van der Waals surface area contributed by atoms with Crippen molar-refractivity contribution in [2.75, 3.05) is 6.54 Å².